The van der Waals surface area contributed by atoms with Gasteiger partial charge in [-0.1, -0.05) is 24.3 Å². The number of benzene rings is 2. The predicted octanol–water partition coefficient (Wildman–Crippen LogP) is 4.05. The normalized spacial score (nSPS) is 16.3. The Morgan fingerprint density at radius 3 is 2.42 bits per heavy atom. The van der Waals surface area contributed by atoms with E-state index in [-0.39, 0.29) is 17.8 Å². The molecule has 2 aromatic carbocycles. The summed E-state index contributed by atoms with van der Waals surface area (Å²) in [5.74, 6) is 1.34. The number of ether oxygens (including phenoxy) is 3. The van der Waals surface area contributed by atoms with Gasteiger partial charge in [-0.3, -0.25) is 9.13 Å². The van der Waals surface area contributed by atoms with Crippen LogP contribution in [0.3, 0.4) is 0 Å². The van der Waals surface area contributed by atoms with Gasteiger partial charge in [0.15, 0.2) is 0 Å². The Morgan fingerprint density at radius 1 is 1.03 bits per heavy atom. The van der Waals surface area contributed by atoms with Gasteiger partial charge in [0, 0.05) is 18.7 Å². The first-order valence-corrected chi connectivity index (χ1v) is 11.1. The lowest BCUT2D eigenvalue weighted by molar-refractivity contribution is 0.0289. The number of methoxy groups -OCH3 is 2. The fourth-order valence-electron chi connectivity index (χ4n) is 4.42. The average Bonchev–Trinajstić information content (AvgIpc) is 3.36. The lowest BCUT2D eigenvalue weighted by Gasteiger charge is -2.24. The van der Waals surface area contributed by atoms with Gasteiger partial charge in [-0.05, 0) is 45.4 Å². The zero-order valence-corrected chi connectivity index (χ0v) is 19.8. The standard InChI is InChI=1S/C25H31N3O5/c1-25(2,3)33-24(30)26-14-13-18(16-26)28-19-10-8-12-21(32-5)22(19)27(23(28)29)15-17-9-6-7-11-20(17)31-4/h6-12,18H,13-16H2,1-5H3. The van der Waals surface area contributed by atoms with Crippen molar-refractivity contribution in [3.05, 3.63) is 58.5 Å². The van der Waals surface area contributed by atoms with E-state index in [2.05, 4.69) is 0 Å². The number of carbonyl (C=O) groups is 1. The first kappa shape index (κ1) is 22.8. The molecule has 0 N–H and O–H groups in total. The molecule has 0 aliphatic carbocycles. The minimum atomic E-state index is -0.565. The monoisotopic (exact) mass is 453 g/mol. The van der Waals surface area contributed by atoms with Crippen LogP contribution in [-0.4, -0.2) is 53.0 Å². The highest BCUT2D eigenvalue weighted by Gasteiger charge is 2.33. The van der Waals surface area contributed by atoms with Crippen molar-refractivity contribution >= 4 is 17.1 Å². The van der Waals surface area contributed by atoms with Crippen molar-refractivity contribution in [2.75, 3.05) is 27.3 Å². The van der Waals surface area contributed by atoms with Crippen LogP contribution in [0.5, 0.6) is 11.5 Å². The Hall–Kier alpha value is -3.42. The summed E-state index contributed by atoms with van der Waals surface area (Å²) in [6.07, 6.45) is 0.317. The van der Waals surface area contributed by atoms with Crippen LogP contribution in [0.2, 0.25) is 0 Å². The highest BCUT2D eigenvalue weighted by molar-refractivity contribution is 5.83. The van der Waals surface area contributed by atoms with Crippen molar-refractivity contribution in [2.24, 2.45) is 0 Å². The van der Waals surface area contributed by atoms with Crippen molar-refractivity contribution in [3.8, 4) is 11.5 Å². The molecule has 0 bridgehead atoms. The van der Waals surface area contributed by atoms with E-state index in [0.717, 1.165) is 22.3 Å². The highest BCUT2D eigenvalue weighted by Crippen LogP contribution is 2.31. The van der Waals surface area contributed by atoms with Gasteiger partial charge in [0.1, 0.15) is 22.6 Å². The molecule has 1 unspecified atom stereocenters. The maximum Gasteiger partial charge on any atom is 0.410 e. The van der Waals surface area contributed by atoms with E-state index in [9.17, 15) is 9.59 Å². The van der Waals surface area contributed by atoms with E-state index in [1.54, 1.807) is 28.3 Å². The van der Waals surface area contributed by atoms with Crippen molar-refractivity contribution in [1.82, 2.24) is 14.0 Å². The van der Waals surface area contributed by atoms with E-state index in [4.69, 9.17) is 14.2 Å². The number of fused-ring (bicyclic) bond motifs is 1. The molecule has 8 nitrogen and oxygen atoms in total. The molecule has 176 valence electrons. The van der Waals surface area contributed by atoms with Gasteiger partial charge in [-0.2, -0.15) is 0 Å². The number of likely N-dealkylation sites (tertiary alicyclic amines) is 1. The first-order valence-electron chi connectivity index (χ1n) is 11.1. The lowest BCUT2D eigenvalue weighted by atomic mass is 10.2. The Morgan fingerprint density at radius 2 is 1.73 bits per heavy atom. The molecule has 2 heterocycles. The molecule has 33 heavy (non-hydrogen) atoms. The lowest BCUT2D eigenvalue weighted by Crippen LogP contribution is -2.36. The molecule has 0 spiro atoms. The van der Waals surface area contributed by atoms with Crippen LogP contribution >= 0.6 is 0 Å². The maximum absolute atomic E-state index is 13.7. The number of rotatable bonds is 5. The van der Waals surface area contributed by atoms with Crippen molar-refractivity contribution in [3.63, 3.8) is 0 Å². The average molecular weight is 454 g/mol. The Balaban J connectivity index is 1.75. The molecule has 3 aromatic rings. The van der Waals surface area contributed by atoms with Gasteiger partial charge in [0.05, 0.1) is 32.3 Å². The number of nitrogens with zero attached hydrogens (tertiary/aromatic N) is 3. The molecule has 1 atom stereocenters. The van der Waals surface area contributed by atoms with Crippen LogP contribution in [0.15, 0.2) is 47.3 Å². The van der Waals surface area contributed by atoms with Crippen LogP contribution in [0, 0.1) is 0 Å². The van der Waals surface area contributed by atoms with Crippen LogP contribution < -0.4 is 15.2 Å². The van der Waals surface area contributed by atoms with E-state index in [0.29, 0.717) is 31.8 Å². The second kappa shape index (κ2) is 8.84. The molecule has 1 aromatic heterocycles. The minimum absolute atomic E-state index is 0.142. The van der Waals surface area contributed by atoms with E-state index >= 15 is 0 Å². The van der Waals surface area contributed by atoms with Crippen molar-refractivity contribution < 1.29 is 19.0 Å². The fraction of sp³-hybridized carbons (Fsp3) is 0.440. The number of carbonyl (C=O) groups excluding carboxylic acids is 1. The SMILES string of the molecule is COc1ccccc1Cn1c(=O)n(C2CCN(C(=O)OC(C)(C)C)C2)c2cccc(OC)c21. The third-order valence-corrected chi connectivity index (χ3v) is 5.87. The van der Waals surface area contributed by atoms with E-state index in [1.165, 1.54) is 0 Å². The van der Waals surface area contributed by atoms with Crippen molar-refractivity contribution in [2.45, 2.75) is 45.4 Å². The Labute approximate surface area is 193 Å². The maximum atomic E-state index is 13.7. The molecule has 1 aliphatic heterocycles. The second-order valence-electron chi connectivity index (χ2n) is 9.25. The summed E-state index contributed by atoms with van der Waals surface area (Å²) in [7, 11) is 3.22. The van der Waals surface area contributed by atoms with Gasteiger partial charge in [-0.25, -0.2) is 9.59 Å². The Kier molecular flexibility index (Phi) is 6.10. The molecule has 1 aliphatic rings. The van der Waals surface area contributed by atoms with Gasteiger partial charge >= 0.3 is 11.8 Å². The largest absolute Gasteiger partial charge is 0.496 e. The highest BCUT2D eigenvalue weighted by atomic mass is 16.6. The number of hydrogen-bond acceptors (Lipinski definition) is 5. The number of para-hydroxylation sites is 2. The smallest absolute Gasteiger partial charge is 0.410 e. The van der Waals surface area contributed by atoms with E-state index < -0.39 is 5.60 Å². The molecular weight excluding hydrogens is 422 g/mol. The molecule has 0 saturated carbocycles. The van der Waals surface area contributed by atoms with Crippen LogP contribution in [0.4, 0.5) is 4.79 Å². The number of hydrogen-bond donors (Lipinski definition) is 0. The predicted molar refractivity (Wildman–Crippen MR) is 126 cm³/mol. The second-order valence-corrected chi connectivity index (χ2v) is 9.25. The molecule has 0 radical (unpaired) electrons. The Bertz CT molecular complexity index is 1220. The molecule has 1 fully saturated rings. The first-order chi connectivity index (χ1) is 15.7. The van der Waals surface area contributed by atoms with Gasteiger partial charge in [0.25, 0.3) is 0 Å². The number of imidazole rings is 1. The van der Waals surface area contributed by atoms with Crippen molar-refractivity contribution in [1.29, 1.82) is 0 Å². The summed E-state index contributed by atoms with van der Waals surface area (Å²) in [5, 5.41) is 0. The van der Waals surface area contributed by atoms with Gasteiger partial charge < -0.3 is 19.1 Å². The summed E-state index contributed by atoms with van der Waals surface area (Å²) < 4.78 is 20.2. The third-order valence-electron chi connectivity index (χ3n) is 5.87. The zero-order valence-electron chi connectivity index (χ0n) is 19.8. The summed E-state index contributed by atoms with van der Waals surface area (Å²) in [6, 6.07) is 13.2. The molecule has 4 rings (SSSR count). The summed E-state index contributed by atoms with van der Waals surface area (Å²) in [5.41, 5.74) is 1.70. The van der Waals surface area contributed by atoms with Crippen LogP contribution in [0.25, 0.3) is 11.0 Å². The fourth-order valence-corrected chi connectivity index (χ4v) is 4.42. The molecule has 8 heteroatoms. The summed E-state index contributed by atoms with van der Waals surface area (Å²) in [6.45, 7) is 6.84. The van der Waals surface area contributed by atoms with Gasteiger partial charge in [-0.15, -0.1) is 0 Å². The zero-order chi connectivity index (χ0) is 23.8. The van der Waals surface area contributed by atoms with Gasteiger partial charge in [0.2, 0.25) is 0 Å². The molecule has 1 saturated heterocycles. The van der Waals surface area contributed by atoms with E-state index in [1.807, 2.05) is 63.2 Å². The minimum Gasteiger partial charge on any atom is -0.496 e. The number of aromatic nitrogens is 2. The van der Waals surface area contributed by atoms with Crippen LogP contribution in [-0.2, 0) is 11.3 Å². The summed E-state index contributed by atoms with van der Waals surface area (Å²) >= 11 is 0. The summed E-state index contributed by atoms with van der Waals surface area (Å²) in [4.78, 5) is 28.0. The quantitative estimate of drug-likeness (QED) is 0.583. The van der Waals surface area contributed by atoms with Crippen LogP contribution in [0.1, 0.15) is 38.8 Å². The third kappa shape index (κ3) is 4.42. The molecular formula is C25H31N3O5. The molecule has 1 amide bonds. The number of amides is 1. The topological polar surface area (TPSA) is 74.9 Å².